The molecule has 2 aromatic rings. The lowest BCUT2D eigenvalue weighted by molar-refractivity contribution is -0.136. The van der Waals surface area contributed by atoms with Gasteiger partial charge < -0.3 is 19.3 Å². The SMILES string of the molecule is Bc1cc(C(B)(B)Oc2cccc3c2CN(C2CCC(=O)NC2=O)C3=O)cc(B)c1C(B)(B)N1CCOCC1. The highest BCUT2D eigenvalue weighted by molar-refractivity contribution is 6.48. The molecule has 3 aliphatic rings. The molecular formula is C25H33B6N3O5. The van der Waals surface area contributed by atoms with Crippen LogP contribution in [0.4, 0.5) is 0 Å². The monoisotopic (exact) mass is 521 g/mol. The van der Waals surface area contributed by atoms with Gasteiger partial charge in [-0.2, -0.15) is 0 Å². The fourth-order valence-electron chi connectivity index (χ4n) is 6.54. The molecule has 3 amide bonds. The molecule has 2 fully saturated rings. The fraction of sp³-hybridized carbons (Fsp3) is 0.400. The normalized spacial score (nSPS) is 20.6. The number of hydrogen-bond donors (Lipinski definition) is 1. The first kappa shape index (κ1) is 27.7. The van der Waals surface area contributed by atoms with Crippen LogP contribution in [0.15, 0.2) is 30.3 Å². The Morgan fingerprint density at radius 3 is 2.31 bits per heavy atom. The molecular weight excluding hydrogens is 487 g/mol. The van der Waals surface area contributed by atoms with Crippen LogP contribution in [0.5, 0.6) is 5.75 Å². The number of carbonyl (C=O) groups excluding carboxylic acids is 3. The predicted molar refractivity (Wildman–Crippen MR) is 166 cm³/mol. The van der Waals surface area contributed by atoms with Crippen LogP contribution in [0.1, 0.15) is 39.9 Å². The van der Waals surface area contributed by atoms with E-state index in [9.17, 15) is 14.4 Å². The summed E-state index contributed by atoms with van der Waals surface area (Å²) in [6.07, 6.45) is 0.557. The second-order valence-corrected chi connectivity index (χ2v) is 11.9. The number of rotatable bonds is 6. The van der Waals surface area contributed by atoms with Crippen LogP contribution in [-0.2, 0) is 31.6 Å². The van der Waals surface area contributed by atoms with Crippen LogP contribution >= 0.6 is 0 Å². The van der Waals surface area contributed by atoms with E-state index in [1.807, 2.05) is 27.8 Å². The van der Waals surface area contributed by atoms with Gasteiger partial charge in [0.25, 0.3) is 5.91 Å². The average Bonchev–Trinajstić information content (AvgIpc) is 3.21. The minimum Gasteiger partial charge on any atom is -0.501 e. The molecule has 0 bridgehead atoms. The molecule has 5 rings (SSSR count). The van der Waals surface area contributed by atoms with Crippen LogP contribution in [0.3, 0.4) is 0 Å². The molecule has 2 aromatic carbocycles. The molecule has 8 nitrogen and oxygen atoms in total. The van der Waals surface area contributed by atoms with E-state index in [1.165, 1.54) is 16.5 Å². The Bertz CT molecular complexity index is 1320. The fourth-order valence-corrected chi connectivity index (χ4v) is 6.54. The Morgan fingerprint density at radius 1 is 1.00 bits per heavy atom. The number of benzene rings is 2. The summed E-state index contributed by atoms with van der Waals surface area (Å²) in [5, 5.41) is 1.57. The van der Waals surface area contributed by atoms with E-state index in [2.05, 4.69) is 53.7 Å². The number of piperidine rings is 1. The first-order valence-corrected chi connectivity index (χ1v) is 13.8. The maximum Gasteiger partial charge on any atom is 0.255 e. The standard InChI is InChI=1S/C25H33B6N3O5/c26-16-10-13(11-17(27)21(16)24(28,29)33-6-8-38-9-7-33)25(30,31)39-19-3-1-2-14-15(19)12-34(23(14)37)18-4-5-20(35)32-22(18)36/h1-3,10-11,18H,4-9,12,26-31H2,(H,32,35,36). The van der Waals surface area contributed by atoms with Gasteiger partial charge in [0.05, 0.1) is 25.2 Å². The largest absolute Gasteiger partial charge is 0.501 e. The molecule has 14 heteroatoms. The molecule has 39 heavy (non-hydrogen) atoms. The molecule has 3 aliphatic heterocycles. The van der Waals surface area contributed by atoms with Crippen molar-refractivity contribution in [1.82, 2.24) is 15.1 Å². The number of nitrogens with zero attached hydrogens (tertiary/aromatic N) is 2. The quantitative estimate of drug-likeness (QED) is 0.302. The van der Waals surface area contributed by atoms with Gasteiger partial charge in [-0.3, -0.25) is 19.7 Å². The van der Waals surface area contributed by atoms with Gasteiger partial charge in [0.1, 0.15) is 43.2 Å². The zero-order valence-corrected chi connectivity index (χ0v) is 23.8. The van der Waals surface area contributed by atoms with Crippen molar-refractivity contribution < 1.29 is 23.9 Å². The zero-order valence-electron chi connectivity index (χ0n) is 23.8. The highest BCUT2D eigenvalue weighted by Crippen LogP contribution is 2.36. The van der Waals surface area contributed by atoms with E-state index in [-0.39, 0.29) is 30.1 Å². The van der Waals surface area contributed by atoms with Crippen LogP contribution in [0.2, 0.25) is 0 Å². The number of ether oxygens (including phenoxy) is 2. The molecule has 0 spiro atoms. The average molecular weight is 520 g/mol. The number of nitrogens with one attached hydrogen (secondary N) is 1. The lowest BCUT2D eigenvalue weighted by atomic mass is 9.51. The molecule has 1 atom stereocenters. The predicted octanol–water partition coefficient (Wildman–Crippen LogP) is -5.87. The minimum absolute atomic E-state index is 0.123. The number of carbonyl (C=O) groups is 3. The van der Waals surface area contributed by atoms with Gasteiger partial charge in [0.2, 0.25) is 11.8 Å². The van der Waals surface area contributed by atoms with Crippen LogP contribution < -0.4 is 21.0 Å². The summed E-state index contributed by atoms with van der Waals surface area (Å²) >= 11 is 0. The smallest absolute Gasteiger partial charge is 0.255 e. The minimum atomic E-state index is -0.669. The lowest BCUT2D eigenvalue weighted by Gasteiger charge is -2.44. The van der Waals surface area contributed by atoms with Crippen molar-refractivity contribution in [3.63, 3.8) is 0 Å². The molecule has 196 valence electrons. The van der Waals surface area contributed by atoms with E-state index in [0.717, 1.165) is 37.4 Å². The third-order valence-electron chi connectivity index (χ3n) is 8.55. The maximum absolute atomic E-state index is 13.3. The third kappa shape index (κ3) is 5.09. The van der Waals surface area contributed by atoms with Crippen molar-refractivity contribution in [2.45, 2.75) is 36.2 Å². The van der Waals surface area contributed by atoms with Crippen molar-refractivity contribution >= 4 is 75.7 Å². The topological polar surface area (TPSA) is 88.2 Å². The second-order valence-electron chi connectivity index (χ2n) is 11.9. The molecule has 0 aromatic heterocycles. The van der Waals surface area contributed by atoms with Crippen molar-refractivity contribution in [3.05, 3.63) is 52.6 Å². The van der Waals surface area contributed by atoms with Gasteiger partial charge in [-0.1, -0.05) is 34.7 Å². The van der Waals surface area contributed by atoms with Gasteiger partial charge in [-0.25, -0.2) is 0 Å². The van der Waals surface area contributed by atoms with Crippen LogP contribution in [0, 0.1) is 0 Å². The van der Waals surface area contributed by atoms with E-state index in [1.54, 1.807) is 11.0 Å². The summed E-state index contributed by atoms with van der Waals surface area (Å²) < 4.78 is 12.2. The van der Waals surface area contributed by atoms with Crippen LogP contribution in [-0.4, -0.2) is 107 Å². The van der Waals surface area contributed by atoms with Crippen molar-refractivity contribution in [2.75, 3.05) is 26.3 Å². The summed E-state index contributed by atoms with van der Waals surface area (Å²) in [5.41, 5.74) is 6.14. The van der Waals surface area contributed by atoms with E-state index in [0.29, 0.717) is 17.7 Å². The highest BCUT2D eigenvalue weighted by Gasteiger charge is 2.41. The number of morpholine rings is 1. The zero-order chi connectivity index (χ0) is 28.1. The van der Waals surface area contributed by atoms with Crippen molar-refractivity contribution in [3.8, 4) is 5.75 Å². The first-order valence-electron chi connectivity index (χ1n) is 13.8. The summed E-state index contributed by atoms with van der Waals surface area (Å²) in [5.74, 6) is -0.282. The number of amides is 3. The third-order valence-corrected chi connectivity index (χ3v) is 8.55. The van der Waals surface area contributed by atoms with E-state index in [4.69, 9.17) is 9.47 Å². The summed E-state index contributed by atoms with van der Waals surface area (Å²) in [6.45, 7) is 3.61. The molecule has 2 saturated heterocycles. The summed E-state index contributed by atoms with van der Waals surface area (Å²) in [7, 11) is 13.0. The second kappa shape index (κ2) is 10.3. The van der Waals surface area contributed by atoms with Crippen LogP contribution in [0.25, 0.3) is 0 Å². The Kier molecular flexibility index (Phi) is 7.31. The Morgan fingerprint density at radius 2 is 1.67 bits per heavy atom. The van der Waals surface area contributed by atoms with Crippen molar-refractivity contribution in [1.29, 1.82) is 0 Å². The van der Waals surface area contributed by atoms with Gasteiger partial charge in [0, 0.05) is 30.6 Å². The van der Waals surface area contributed by atoms with Gasteiger partial charge in [-0.05, 0) is 29.5 Å². The maximum atomic E-state index is 13.3. The Labute approximate surface area is 235 Å². The summed E-state index contributed by atoms with van der Waals surface area (Å²) in [6, 6.07) is 9.26. The molecule has 0 saturated carbocycles. The molecule has 0 radical (unpaired) electrons. The van der Waals surface area contributed by atoms with E-state index < -0.39 is 17.3 Å². The Balaban J connectivity index is 1.41. The van der Waals surface area contributed by atoms with Gasteiger partial charge in [0.15, 0.2) is 15.7 Å². The van der Waals surface area contributed by atoms with Gasteiger partial charge >= 0.3 is 0 Å². The molecule has 1 unspecified atom stereocenters. The highest BCUT2D eigenvalue weighted by atomic mass is 16.5. The number of fused-ring (bicyclic) bond motifs is 1. The number of hydrogen-bond acceptors (Lipinski definition) is 6. The summed E-state index contributed by atoms with van der Waals surface area (Å²) in [4.78, 5) is 41.4. The van der Waals surface area contributed by atoms with Gasteiger partial charge in [-0.15, -0.1) is 0 Å². The first-order chi connectivity index (χ1) is 18.4. The van der Waals surface area contributed by atoms with E-state index >= 15 is 0 Å². The molecule has 1 N–H and O–H groups in total. The lowest BCUT2D eigenvalue weighted by Crippen LogP contribution is -2.56. The Hall–Kier alpha value is -2.84. The number of imide groups is 1. The van der Waals surface area contributed by atoms with Crippen molar-refractivity contribution in [2.24, 2.45) is 0 Å². The molecule has 3 heterocycles. The molecule has 0 aliphatic carbocycles.